The molecule has 0 aliphatic heterocycles. The van der Waals surface area contributed by atoms with Gasteiger partial charge in [-0.2, -0.15) is 5.10 Å². The summed E-state index contributed by atoms with van der Waals surface area (Å²) in [6.07, 6.45) is 1.77. The Bertz CT molecular complexity index is 467. The van der Waals surface area contributed by atoms with E-state index in [0.29, 0.717) is 13.2 Å². The van der Waals surface area contributed by atoms with Gasteiger partial charge in [0.25, 0.3) is 0 Å². The van der Waals surface area contributed by atoms with Crippen LogP contribution in [-0.2, 0) is 9.05 Å². The highest BCUT2D eigenvalue weighted by Gasteiger charge is 2.18. The third kappa shape index (κ3) is 2.96. The summed E-state index contributed by atoms with van der Waals surface area (Å²) in [5.74, 6) is 0. The molecule has 0 aliphatic rings. The molecule has 0 N–H and O–H groups in total. The summed E-state index contributed by atoms with van der Waals surface area (Å²) in [4.78, 5) is 0. The summed E-state index contributed by atoms with van der Waals surface area (Å²) in [6, 6.07) is 11.9. The molecule has 0 aliphatic carbocycles. The zero-order valence-electron chi connectivity index (χ0n) is 10.6. The van der Waals surface area contributed by atoms with Gasteiger partial charge in [-0.1, -0.05) is 18.2 Å². The lowest BCUT2D eigenvalue weighted by Crippen LogP contribution is -2.17. The fourth-order valence-corrected chi connectivity index (χ4v) is 2.93. The number of para-hydroxylation sites is 1. The molecule has 0 saturated carbocycles. The van der Waals surface area contributed by atoms with Gasteiger partial charge in [0.05, 0.1) is 25.1 Å². The molecule has 5 heteroatoms. The number of hydrogen-bond acceptors (Lipinski definition) is 3. The van der Waals surface area contributed by atoms with E-state index in [-0.39, 0.29) is 0 Å². The lowest BCUT2D eigenvalue weighted by Gasteiger charge is -2.16. The van der Waals surface area contributed by atoms with Crippen LogP contribution in [0.1, 0.15) is 13.8 Å². The first-order chi connectivity index (χ1) is 8.86. The van der Waals surface area contributed by atoms with Crippen molar-refractivity contribution in [1.29, 1.82) is 0 Å². The van der Waals surface area contributed by atoms with Crippen LogP contribution in [0.5, 0.6) is 0 Å². The molecule has 0 unspecified atom stereocenters. The van der Waals surface area contributed by atoms with Crippen molar-refractivity contribution in [3.8, 4) is 5.69 Å². The Morgan fingerprint density at radius 3 is 2.33 bits per heavy atom. The van der Waals surface area contributed by atoms with Gasteiger partial charge in [0, 0.05) is 0 Å². The van der Waals surface area contributed by atoms with E-state index >= 15 is 0 Å². The predicted molar refractivity (Wildman–Crippen MR) is 73.4 cm³/mol. The lowest BCUT2D eigenvalue weighted by molar-refractivity contribution is 0.276. The van der Waals surface area contributed by atoms with Gasteiger partial charge in [0.2, 0.25) is 8.38 Å². The summed E-state index contributed by atoms with van der Waals surface area (Å²) in [5.41, 5.74) is 1.99. The van der Waals surface area contributed by atoms with E-state index in [1.54, 1.807) is 6.20 Å². The summed E-state index contributed by atoms with van der Waals surface area (Å²) >= 11 is 0. The average Bonchev–Trinajstić information content (AvgIpc) is 2.88. The molecular weight excluding hydrogens is 247 g/mol. The fraction of sp³-hybridized carbons (Fsp3) is 0.308. The monoisotopic (exact) mass is 264 g/mol. The number of rotatable bonds is 6. The van der Waals surface area contributed by atoms with Crippen molar-refractivity contribution in [3.63, 3.8) is 0 Å². The fourth-order valence-electron chi connectivity index (χ4n) is 1.61. The van der Waals surface area contributed by atoms with Crippen LogP contribution in [0.2, 0.25) is 0 Å². The van der Waals surface area contributed by atoms with Crippen molar-refractivity contribution in [3.05, 3.63) is 42.6 Å². The summed E-state index contributed by atoms with van der Waals surface area (Å²) in [6.45, 7) is 5.20. The molecule has 0 atom stereocenters. The Morgan fingerprint density at radius 1 is 1.06 bits per heavy atom. The van der Waals surface area contributed by atoms with E-state index in [1.807, 2.05) is 54.9 Å². The Labute approximate surface area is 108 Å². The Balaban J connectivity index is 2.31. The van der Waals surface area contributed by atoms with E-state index in [9.17, 15) is 0 Å². The molecule has 0 spiro atoms. The second kappa shape index (κ2) is 6.64. The van der Waals surface area contributed by atoms with Gasteiger partial charge in [-0.05, 0) is 32.0 Å². The molecule has 96 valence electrons. The Morgan fingerprint density at radius 2 is 1.72 bits per heavy atom. The van der Waals surface area contributed by atoms with Crippen molar-refractivity contribution < 1.29 is 9.05 Å². The SMILES string of the molecule is CCOP(OCC)c1ccnn1-c1ccccc1. The first-order valence-electron chi connectivity index (χ1n) is 6.02. The molecule has 0 saturated heterocycles. The standard InChI is InChI=1S/C13H17N2O2P/c1-3-16-18(17-4-2)13-10-11-14-15(13)12-8-6-5-7-9-12/h5-11H,3-4H2,1-2H3. The maximum absolute atomic E-state index is 5.67. The quantitative estimate of drug-likeness (QED) is 0.753. The summed E-state index contributed by atoms with van der Waals surface area (Å²) < 4.78 is 13.2. The average molecular weight is 264 g/mol. The molecule has 1 heterocycles. The minimum atomic E-state index is -1.06. The highest BCUT2D eigenvalue weighted by Crippen LogP contribution is 2.37. The largest absolute Gasteiger partial charge is 0.330 e. The zero-order chi connectivity index (χ0) is 12.8. The molecule has 2 rings (SSSR count). The zero-order valence-corrected chi connectivity index (χ0v) is 11.5. The highest BCUT2D eigenvalue weighted by molar-refractivity contribution is 7.55. The third-order valence-corrected chi connectivity index (χ3v) is 4.00. The van der Waals surface area contributed by atoms with E-state index in [0.717, 1.165) is 11.1 Å². The molecule has 0 amide bonds. The second-order valence-electron chi connectivity index (χ2n) is 3.53. The number of benzene rings is 1. The summed E-state index contributed by atoms with van der Waals surface area (Å²) in [7, 11) is -1.06. The van der Waals surface area contributed by atoms with Gasteiger partial charge >= 0.3 is 0 Å². The van der Waals surface area contributed by atoms with Crippen molar-refractivity contribution in [2.75, 3.05) is 13.2 Å². The van der Waals surface area contributed by atoms with Crippen LogP contribution < -0.4 is 5.44 Å². The highest BCUT2D eigenvalue weighted by atomic mass is 31.2. The van der Waals surface area contributed by atoms with Gasteiger partial charge < -0.3 is 9.05 Å². The van der Waals surface area contributed by atoms with E-state index < -0.39 is 8.38 Å². The van der Waals surface area contributed by atoms with E-state index in [4.69, 9.17) is 9.05 Å². The van der Waals surface area contributed by atoms with Crippen LogP contribution in [0.4, 0.5) is 0 Å². The van der Waals surface area contributed by atoms with Crippen LogP contribution in [0, 0.1) is 0 Å². The van der Waals surface area contributed by atoms with Gasteiger partial charge in [-0.3, -0.25) is 0 Å². The van der Waals surface area contributed by atoms with Crippen molar-refractivity contribution >= 4 is 13.8 Å². The maximum atomic E-state index is 5.67. The van der Waals surface area contributed by atoms with Crippen LogP contribution in [0.15, 0.2) is 42.6 Å². The van der Waals surface area contributed by atoms with Gasteiger partial charge in [-0.15, -0.1) is 0 Å². The van der Waals surface area contributed by atoms with Crippen molar-refractivity contribution in [2.45, 2.75) is 13.8 Å². The number of nitrogens with zero attached hydrogens (tertiary/aromatic N) is 2. The molecule has 4 nitrogen and oxygen atoms in total. The van der Waals surface area contributed by atoms with Gasteiger partial charge in [-0.25, -0.2) is 4.68 Å². The van der Waals surface area contributed by atoms with Crippen LogP contribution in [0.3, 0.4) is 0 Å². The molecule has 1 aromatic carbocycles. The first-order valence-corrected chi connectivity index (χ1v) is 7.20. The van der Waals surface area contributed by atoms with Crippen LogP contribution in [0.25, 0.3) is 5.69 Å². The van der Waals surface area contributed by atoms with Crippen molar-refractivity contribution in [2.24, 2.45) is 0 Å². The number of aromatic nitrogens is 2. The molecule has 2 aromatic rings. The number of hydrogen-bond donors (Lipinski definition) is 0. The summed E-state index contributed by atoms with van der Waals surface area (Å²) in [5, 5.41) is 4.34. The minimum Gasteiger partial charge on any atom is -0.330 e. The maximum Gasteiger partial charge on any atom is 0.225 e. The van der Waals surface area contributed by atoms with Crippen molar-refractivity contribution in [1.82, 2.24) is 9.78 Å². The molecule has 0 fully saturated rings. The normalized spacial score (nSPS) is 11.1. The third-order valence-electron chi connectivity index (χ3n) is 2.30. The molecule has 0 radical (unpaired) electrons. The molecule has 18 heavy (non-hydrogen) atoms. The lowest BCUT2D eigenvalue weighted by atomic mass is 10.3. The molecule has 0 bridgehead atoms. The van der Waals surface area contributed by atoms with Gasteiger partial charge in [0.15, 0.2) is 0 Å². The predicted octanol–water partition coefficient (Wildman–Crippen LogP) is 2.88. The van der Waals surface area contributed by atoms with Gasteiger partial charge in [0.1, 0.15) is 5.44 Å². The smallest absolute Gasteiger partial charge is 0.225 e. The van der Waals surface area contributed by atoms with Crippen LogP contribution >= 0.6 is 8.38 Å². The molecular formula is C13H17N2O2P. The van der Waals surface area contributed by atoms with E-state index in [2.05, 4.69) is 5.10 Å². The molecule has 1 aromatic heterocycles. The Hall–Kier alpha value is -1.22. The van der Waals surface area contributed by atoms with E-state index in [1.165, 1.54) is 0 Å². The Kier molecular flexibility index (Phi) is 4.88. The second-order valence-corrected chi connectivity index (χ2v) is 5.02. The minimum absolute atomic E-state index is 0.631. The first kappa shape index (κ1) is 13.2. The van der Waals surface area contributed by atoms with Crippen LogP contribution in [-0.4, -0.2) is 23.0 Å². The topological polar surface area (TPSA) is 36.3 Å².